The van der Waals surface area contributed by atoms with Crippen LogP contribution < -0.4 is 5.32 Å². The molecule has 1 unspecified atom stereocenters. The Hall–Kier alpha value is -1.03. The number of carbonyl (C=O) groups is 1. The zero-order chi connectivity index (χ0) is 12.3. The molecule has 0 aliphatic heterocycles. The average molecular weight is 286 g/mol. The lowest BCUT2D eigenvalue weighted by Gasteiger charge is -2.20. The summed E-state index contributed by atoms with van der Waals surface area (Å²) in [5.41, 5.74) is 1.88. The number of carboxylic acid groups (broad SMARTS) is 1. The van der Waals surface area contributed by atoms with Crippen LogP contribution in [0.4, 0.5) is 5.69 Å². The van der Waals surface area contributed by atoms with Crippen LogP contribution in [-0.4, -0.2) is 17.1 Å². The third-order valence-electron chi connectivity index (χ3n) is 2.51. The van der Waals surface area contributed by atoms with Crippen LogP contribution in [0.25, 0.3) is 0 Å². The molecule has 0 amide bonds. The Morgan fingerprint density at radius 1 is 1.44 bits per heavy atom. The molecule has 4 heteroatoms. The van der Waals surface area contributed by atoms with Crippen LogP contribution in [-0.2, 0) is 4.79 Å². The van der Waals surface area contributed by atoms with Gasteiger partial charge in [0.2, 0.25) is 0 Å². The Labute approximate surface area is 104 Å². The van der Waals surface area contributed by atoms with E-state index in [0.29, 0.717) is 0 Å². The fraction of sp³-hybridized carbons (Fsp3) is 0.417. The first-order valence-corrected chi connectivity index (χ1v) is 5.97. The molecule has 88 valence electrons. The minimum Gasteiger partial charge on any atom is -0.480 e. The first-order valence-electron chi connectivity index (χ1n) is 5.18. The van der Waals surface area contributed by atoms with E-state index in [1.807, 2.05) is 39.0 Å². The van der Waals surface area contributed by atoms with Crippen LogP contribution >= 0.6 is 15.9 Å². The van der Waals surface area contributed by atoms with E-state index >= 15 is 0 Å². The highest BCUT2D eigenvalue weighted by molar-refractivity contribution is 9.10. The molecule has 0 aliphatic rings. The molecule has 0 spiro atoms. The van der Waals surface area contributed by atoms with E-state index in [1.165, 1.54) is 0 Å². The van der Waals surface area contributed by atoms with Gasteiger partial charge in [-0.15, -0.1) is 0 Å². The molecule has 0 bridgehead atoms. The van der Waals surface area contributed by atoms with Gasteiger partial charge in [-0.3, -0.25) is 0 Å². The second-order valence-electron chi connectivity index (χ2n) is 4.12. The molecule has 2 N–H and O–H groups in total. The van der Waals surface area contributed by atoms with Gasteiger partial charge in [-0.05, 0) is 30.5 Å². The van der Waals surface area contributed by atoms with Crippen LogP contribution in [0, 0.1) is 12.8 Å². The van der Waals surface area contributed by atoms with Crippen molar-refractivity contribution in [1.29, 1.82) is 0 Å². The molecule has 0 fully saturated rings. The zero-order valence-corrected chi connectivity index (χ0v) is 11.2. The largest absolute Gasteiger partial charge is 0.480 e. The standard InChI is InChI=1S/C12H16BrNO2/c1-7(2)11(12(15)16)14-10-6-4-5-9(13)8(10)3/h4-7,11,14H,1-3H3,(H,15,16). The number of anilines is 1. The molecule has 16 heavy (non-hydrogen) atoms. The summed E-state index contributed by atoms with van der Waals surface area (Å²) in [6, 6.07) is 5.15. The summed E-state index contributed by atoms with van der Waals surface area (Å²) in [6.07, 6.45) is 0. The van der Waals surface area contributed by atoms with Crippen molar-refractivity contribution in [2.45, 2.75) is 26.8 Å². The minimum atomic E-state index is -0.825. The van der Waals surface area contributed by atoms with Crippen molar-refractivity contribution in [2.75, 3.05) is 5.32 Å². The van der Waals surface area contributed by atoms with Crippen molar-refractivity contribution >= 4 is 27.6 Å². The van der Waals surface area contributed by atoms with Crippen LogP contribution in [0.5, 0.6) is 0 Å². The van der Waals surface area contributed by atoms with Gasteiger partial charge in [0, 0.05) is 10.2 Å². The third-order valence-corrected chi connectivity index (χ3v) is 3.37. The van der Waals surface area contributed by atoms with E-state index in [9.17, 15) is 4.79 Å². The van der Waals surface area contributed by atoms with Gasteiger partial charge in [0.1, 0.15) is 6.04 Å². The Morgan fingerprint density at radius 3 is 2.56 bits per heavy atom. The number of hydrogen-bond donors (Lipinski definition) is 2. The summed E-state index contributed by atoms with van der Waals surface area (Å²) in [6.45, 7) is 5.73. The van der Waals surface area contributed by atoms with Crippen LogP contribution in [0.1, 0.15) is 19.4 Å². The molecule has 1 rings (SSSR count). The monoisotopic (exact) mass is 285 g/mol. The molecule has 0 heterocycles. The molecule has 3 nitrogen and oxygen atoms in total. The number of benzene rings is 1. The summed E-state index contributed by atoms with van der Waals surface area (Å²) < 4.78 is 0.977. The van der Waals surface area contributed by atoms with Gasteiger partial charge in [-0.25, -0.2) is 4.79 Å². The lowest BCUT2D eigenvalue weighted by Crippen LogP contribution is -2.34. The van der Waals surface area contributed by atoms with Gasteiger partial charge in [0.15, 0.2) is 0 Å². The molecular weight excluding hydrogens is 270 g/mol. The predicted octanol–water partition coefficient (Wildman–Crippen LogP) is 3.28. The smallest absolute Gasteiger partial charge is 0.326 e. The van der Waals surface area contributed by atoms with Gasteiger partial charge in [-0.2, -0.15) is 0 Å². The Morgan fingerprint density at radius 2 is 2.06 bits per heavy atom. The Kier molecular flexibility index (Phi) is 4.35. The molecule has 0 saturated carbocycles. The maximum atomic E-state index is 11.1. The first kappa shape index (κ1) is 13.0. The molecule has 1 atom stereocenters. The SMILES string of the molecule is Cc1c(Br)cccc1NC(C(=O)O)C(C)C. The number of hydrogen-bond acceptors (Lipinski definition) is 2. The van der Waals surface area contributed by atoms with E-state index in [-0.39, 0.29) is 5.92 Å². The van der Waals surface area contributed by atoms with Gasteiger partial charge >= 0.3 is 5.97 Å². The van der Waals surface area contributed by atoms with Crippen molar-refractivity contribution < 1.29 is 9.90 Å². The van der Waals surface area contributed by atoms with Crippen molar-refractivity contribution in [2.24, 2.45) is 5.92 Å². The number of aliphatic carboxylic acids is 1. The maximum absolute atomic E-state index is 11.1. The maximum Gasteiger partial charge on any atom is 0.326 e. The van der Waals surface area contributed by atoms with Crippen LogP contribution in [0.15, 0.2) is 22.7 Å². The molecule has 0 aliphatic carbocycles. The quantitative estimate of drug-likeness (QED) is 0.893. The summed E-state index contributed by atoms with van der Waals surface area (Å²) in [5, 5.41) is 12.1. The normalized spacial score (nSPS) is 12.6. The van der Waals surface area contributed by atoms with Crippen LogP contribution in [0.2, 0.25) is 0 Å². The number of nitrogens with one attached hydrogen (secondary N) is 1. The van der Waals surface area contributed by atoms with E-state index in [2.05, 4.69) is 21.2 Å². The van der Waals surface area contributed by atoms with Gasteiger partial charge < -0.3 is 10.4 Å². The highest BCUT2D eigenvalue weighted by Crippen LogP contribution is 2.25. The van der Waals surface area contributed by atoms with E-state index < -0.39 is 12.0 Å². The highest BCUT2D eigenvalue weighted by atomic mass is 79.9. The second-order valence-corrected chi connectivity index (χ2v) is 4.97. The molecule has 0 aromatic heterocycles. The van der Waals surface area contributed by atoms with E-state index in [0.717, 1.165) is 15.7 Å². The first-order chi connectivity index (χ1) is 7.43. The van der Waals surface area contributed by atoms with E-state index in [1.54, 1.807) is 0 Å². The summed E-state index contributed by atoms with van der Waals surface area (Å²) >= 11 is 3.42. The Balaban J connectivity index is 2.94. The fourth-order valence-electron chi connectivity index (χ4n) is 1.44. The second kappa shape index (κ2) is 5.34. The van der Waals surface area contributed by atoms with Gasteiger partial charge in [0.05, 0.1) is 0 Å². The lowest BCUT2D eigenvalue weighted by molar-refractivity contribution is -0.138. The molecule has 1 aromatic carbocycles. The van der Waals surface area contributed by atoms with E-state index in [4.69, 9.17) is 5.11 Å². The van der Waals surface area contributed by atoms with Gasteiger partial charge in [-0.1, -0.05) is 35.8 Å². The lowest BCUT2D eigenvalue weighted by atomic mass is 10.0. The fourth-order valence-corrected chi connectivity index (χ4v) is 1.81. The predicted molar refractivity (Wildman–Crippen MR) is 68.8 cm³/mol. The summed E-state index contributed by atoms with van der Waals surface area (Å²) in [4.78, 5) is 11.1. The topological polar surface area (TPSA) is 49.3 Å². The molecule has 0 radical (unpaired) electrons. The molecule has 1 aromatic rings. The number of rotatable bonds is 4. The van der Waals surface area contributed by atoms with Crippen molar-refractivity contribution in [3.63, 3.8) is 0 Å². The van der Waals surface area contributed by atoms with Crippen molar-refractivity contribution in [1.82, 2.24) is 0 Å². The molecular formula is C12H16BrNO2. The highest BCUT2D eigenvalue weighted by Gasteiger charge is 2.21. The number of halogens is 1. The third kappa shape index (κ3) is 2.98. The zero-order valence-electron chi connectivity index (χ0n) is 9.62. The van der Waals surface area contributed by atoms with Crippen LogP contribution in [0.3, 0.4) is 0 Å². The van der Waals surface area contributed by atoms with Crippen molar-refractivity contribution in [3.8, 4) is 0 Å². The van der Waals surface area contributed by atoms with Gasteiger partial charge in [0.25, 0.3) is 0 Å². The Bertz CT molecular complexity index is 391. The molecule has 0 saturated heterocycles. The summed E-state index contributed by atoms with van der Waals surface area (Å²) in [7, 11) is 0. The average Bonchev–Trinajstić information content (AvgIpc) is 2.19. The van der Waals surface area contributed by atoms with Crippen molar-refractivity contribution in [3.05, 3.63) is 28.2 Å². The minimum absolute atomic E-state index is 0.0379. The summed E-state index contributed by atoms with van der Waals surface area (Å²) in [5.74, 6) is -0.787. The number of carboxylic acids is 1.